The molecule has 0 saturated heterocycles. The van der Waals surface area contributed by atoms with Crippen LogP contribution in [0.3, 0.4) is 0 Å². The maximum atomic E-state index is 5.85. The summed E-state index contributed by atoms with van der Waals surface area (Å²) in [4.78, 5) is 9.56. The van der Waals surface area contributed by atoms with Crippen molar-refractivity contribution >= 4 is 29.1 Å². The summed E-state index contributed by atoms with van der Waals surface area (Å²) in [7, 11) is 0. The molecule has 21 heavy (non-hydrogen) atoms. The highest BCUT2D eigenvalue weighted by Gasteiger charge is 2.10. The zero-order valence-corrected chi connectivity index (χ0v) is 12.4. The average Bonchev–Trinajstić information content (AvgIpc) is 2.96. The lowest BCUT2D eigenvalue weighted by Gasteiger charge is -1.97. The third kappa shape index (κ3) is 3.53. The van der Waals surface area contributed by atoms with E-state index >= 15 is 0 Å². The molecule has 1 aromatic carbocycles. The molecule has 3 aromatic rings. The van der Waals surface area contributed by atoms with Gasteiger partial charge in [0.25, 0.3) is 5.89 Å². The van der Waals surface area contributed by atoms with E-state index in [4.69, 9.17) is 21.9 Å². The van der Waals surface area contributed by atoms with Crippen molar-refractivity contribution in [2.75, 3.05) is 5.73 Å². The molecule has 0 amide bonds. The topological polar surface area (TPSA) is 77.8 Å². The SMILES string of the molecule is Nc1ccc(-c2nc(CSc3ccc(Cl)cc3)no2)nc1. The summed E-state index contributed by atoms with van der Waals surface area (Å²) in [6.07, 6.45) is 1.56. The Morgan fingerprint density at radius 2 is 1.95 bits per heavy atom. The fraction of sp³-hybridized carbons (Fsp3) is 0.0714. The average molecular weight is 319 g/mol. The van der Waals surface area contributed by atoms with Crippen LogP contribution in [0.1, 0.15) is 5.82 Å². The molecule has 2 heterocycles. The van der Waals surface area contributed by atoms with Crippen LogP contribution in [0, 0.1) is 0 Å². The molecule has 106 valence electrons. The van der Waals surface area contributed by atoms with Crippen molar-refractivity contribution in [3.05, 3.63) is 53.4 Å². The number of nitrogens with two attached hydrogens (primary N) is 1. The van der Waals surface area contributed by atoms with E-state index in [0.29, 0.717) is 28.8 Å². The molecule has 0 aliphatic heterocycles. The molecule has 0 unspecified atom stereocenters. The largest absolute Gasteiger partial charge is 0.397 e. The van der Waals surface area contributed by atoms with Gasteiger partial charge in [0.1, 0.15) is 5.69 Å². The fourth-order valence-corrected chi connectivity index (χ4v) is 2.49. The maximum Gasteiger partial charge on any atom is 0.276 e. The second-order valence-corrected chi connectivity index (χ2v) is 5.72. The standard InChI is InChI=1S/C14H11ClN4OS/c15-9-1-4-11(5-2-9)21-8-13-18-14(20-19-13)12-6-3-10(16)7-17-12/h1-7H,8,16H2. The predicted octanol–water partition coefficient (Wildman–Crippen LogP) is 3.66. The number of aromatic nitrogens is 3. The lowest BCUT2D eigenvalue weighted by molar-refractivity contribution is 0.424. The first-order valence-electron chi connectivity index (χ1n) is 6.13. The monoisotopic (exact) mass is 318 g/mol. The summed E-state index contributed by atoms with van der Waals surface area (Å²) >= 11 is 7.46. The van der Waals surface area contributed by atoms with Crippen molar-refractivity contribution in [2.24, 2.45) is 0 Å². The predicted molar refractivity (Wildman–Crippen MR) is 83.0 cm³/mol. The van der Waals surface area contributed by atoms with Gasteiger partial charge >= 0.3 is 0 Å². The zero-order chi connectivity index (χ0) is 14.7. The lowest BCUT2D eigenvalue weighted by Crippen LogP contribution is -1.89. The molecule has 5 nitrogen and oxygen atoms in total. The molecule has 0 aliphatic carbocycles. The number of pyridine rings is 1. The van der Waals surface area contributed by atoms with E-state index in [1.165, 1.54) is 0 Å². The van der Waals surface area contributed by atoms with Gasteiger partial charge in [-0.15, -0.1) is 11.8 Å². The zero-order valence-electron chi connectivity index (χ0n) is 10.9. The van der Waals surface area contributed by atoms with E-state index in [1.54, 1.807) is 30.1 Å². The molecule has 2 N–H and O–H groups in total. The first-order chi connectivity index (χ1) is 10.2. The molecule has 0 atom stereocenters. The van der Waals surface area contributed by atoms with Gasteiger partial charge in [0.2, 0.25) is 0 Å². The van der Waals surface area contributed by atoms with Crippen LogP contribution < -0.4 is 5.73 Å². The summed E-state index contributed by atoms with van der Waals surface area (Å²) in [5.74, 6) is 1.62. The van der Waals surface area contributed by atoms with Gasteiger partial charge in [-0.2, -0.15) is 4.98 Å². The van der Waals surface area contributed by atoms with Crippen molar-refractivity contribution in [1.82, 2.24) is 15.1 Å². The maximum absolute atomic E-state index is 5.85. The number of halogens is 1. The third-order valence-electron chi connectivity index (χ3n) is 2.66. The molecular weight excluding hydrogens is 308 g/mol. The number of hydrogen-bond donors (Lipinski definition) is 1. The molecule has 3 rings (SSSR count). The Labute approximate surface area is 130 Å². The van der Waals surface area contributed by atoms with E-state index < -0.39 is 0 Å². The second kappa shape index (κ2) is 6.15. The number of nitrogen functional groups attached to an aromatic ring is 1. The minimum absolute atomic E-state index is 0.390. The van der Waals surface area contributed by atoms with E-state index in [9.17, 15) is 0 Å². The Hall–Kier alpha value is -2.05. The molecular formula is C14H11ClN4OS. The van der Waals surface area contributed by atoms with Crippen LogP contribution in [-0.4, -0.2) is 15.1 Å². The smallest absolute Gasteiger partial charge is 0.276 e. The minimum Gasteiger partial charge on any atom is -0.397 e. The van der Waals surface area contributed by atoms with Crippen LogP contribution >= 0.6 is 23.4 Å². The van der Waals surface area contributed by atoms with Crippen LogP contribution in [0.5, 0.6) is 0 Å². The van der Waals surface area contributed by atoms with Gasteiger partial charge in [0.05, 0.1) is 17.6 Å². The van der Waals surface area contributed by atoms with Gasteiger partial charge in [0.15, 0.2) is 5.82 Å². The molecule has 0 spiro atoms. The van der Waals surface area contributed by atoms with Crippen LogP contribution in [0.4, 0.5) is 5.69 Å². The Morgan fingerprint density at radius 3 is 2.67 bits per heavy atom. The van der Waals surface area contributed by atoms with Crippen LogP contribution in [-0.2, 0) is 5.75 Å². The van der Waals surface area contributed by atoms with Gasteiger partial charge in [-0.3, -0.25) is 0 Å². The molecule has 7 heteroatoms. The van der Waals surface area contributed by atoms with Crippen LogP contribution in [0.25, 0.3) is 11.6 Å². The number of thioether (sulfide) groups is 1. The molecule has 0 saturated carbocycles. The lowest BCUT2D eigenvalue weighted by atomic mass is 10.3. The Balaban J connectivity index is 1.67. The molecule has 0 aliphatic rings. The summed E-state index contributed by atoms with van der Waals surface area (Å²) in [6.45, 7) is 0. The number of benzene rings is 1. The van der Waals surface area contributed by atoms with Crippen LogP contribution in [0.15, 0.2) is 52.0 Å². The van der Waals surface area contributed by atoms with Crippen LogP contribution in [0.2, 0.25) is 5.02 Å². The summed E-state index contributed by atoms with van der Waals surface area (Å²) < 4.78 is 5.20. The van der Waals surface area contributed by atoms with E-state index in [-0.39, 0.29) is 0 Å². The highest BCUT2D eigenvalue weighted by Crippen LogP contribution is 2.24. The van der Waals surface area contributed by atoms with Crippen molar-refractivity contribution in [3.8, 4) is 11.6 Å². The van der Waals surface area contributed by atoms with Gasteiger partial charge in [-0.05, 0) is 36.4 Å². The molecule has 0 fully saturated rings. The Morgan fingerprint density at radius 1 is 1.14 bits per heavy atom. The number of anilines is 1. The highest BCUT2D eigenvalue weighted by atomic mass is 35.5. The first kappa shape index (κ1) is 13.9. The Bertz CT molecular complexity index is 727. The van der Waals surface area contributed by atoms with Gasteiger partial charge in [-0.1, -0.05) is 16.8 Å². The van der Waals surface area contributed by atoms with E-state index in [1.807, 2.05) is 24.3 Å². The first-order valence-corrected chi connectivity index (χ1v) is 7.50. The van der Waals surface area contributed by atoms with Crippen molar-refractivity contribution in [3.63, 3.8) is 0 Å². The quantitative estimate of drug-likeness (QED) is 0.740. The van der Waals surface area contributed by atoms with Crippen molar-refractivity contribution in [1.29, 1.82) is 0 Å². The number of rotatable bonds is 4. The minimum atomic E-state index is 0.390. The summed E-state index contributed by atoms with van der Waals surface area (Å²) in [5, 5.41) is 4.66. The molecule has 0 bridgehead atoms. The third-order valence-corrected chi connectivity index (χ3v) is 3.92. The van der Waals surface area contributed by atoms with E-state index in [0.717, 1.165) is 9.92 Å². The second-order valence-electron chi connectivity index (χ2n) is 4.24. The van der Waals surface area contributed by atoms with Crippen molar-refractivity contribution in [2.45, 2.75) is 10.6 Å². The van der Waals surface area contributed by atoms with Gasteiger partial charge in [-0.25, -0.2) is 4.98 Å². The normalized spacial score (nSPS) is 10.7. The molecule has 2 aromatic heterocycles. The van der Waals surface area contributed by atoms with Gasteiger partial charge < -0.3 is 10.3 Å². The molecule has 0 radical (unpaired) electrons. The fourth-order valence-electron chi connectivity index (χ4n) is 1.63. The number of hydrogen-bond acceptors (Lipinski definition) is 6. The Kier molecular flexibility index (Phi) is 4.08. The highest BCUT2D eigenvalue weighted by molar-refractivity contribution is 7.98. The van der Waals surface area contributed by atoms with Gasteiger partial charge in [0, 0.05) is 9.92 Å². The summed E-state index contributed by atoms with van der Waals surface area (Å²) in [6, 6.07) is 11.1. The van der Waals surface area contributed by atoms with Crippen molar-refractivity contribution < 1.29 is 4.52 Å². The van der Waals surface area contributed by atoms with E-state index in [2.05, 4.69) is 15.1 Å². The number of nitrogens with zero attached hydrogens (tertiary/aromatic N) is 3. The summed E-state index contributed by atoms with van der Waals surface area (Å²) in [5.41, 5.74) is 6.80.